The van der Waals surface area contributed by atoms with Crippen LogP contribution in [0.3, 0.4) is 0 Å². The number of esters is 1. The molecule has 0 spiro atoms. The highest BCUT2D eigenvalue weighted by Gasteiger charge is 2.23. The van der Waals surface area contributed by atoms with E-state index in [1.807, 2.05) is 35.7 Å². The molecule has 1 aromatic carbocycles. The highest BCUT2D eigenvalue weighted by molar-refractivity contribution is 8.19. The van der Waals surface area contributed by atoms with E-state index in [9.17, 15) is 14.4 Å². The zero-order chi connectivity index (χ0) is 19.3. The Bertz CT molecular complexity index is 665. The van der Waals surface area contributed by atoms with Gasteiger partial charge >= 0.3 is 12.0 Å². The highest BCUT2D eigenvalue weighted by Crippen LogP contribution is 2.45. The number of hydrogen-bond acceptors (Lipinski definition) is 6. The van der Waals surface area contributed by atoms with Crippen LogP contribution in [0.5, 0.6) is 0 Å². The predicted molar refractivity (Wildman–Crippen MR) is 105 cm³/mol. The smallest absolute Gasteiger partial charge is 0.338 e. The molecule has 1 aliphatic heterocycles. The maximum absolute atomic E-state index is 12.2. The Hall–Kier alpha value is -1.67. The van der Waals surface area contributed by atoms with Gasteiger partial charge in [-0.1, -0.05) is 12.1 Å². The summed E-state index contributed by atoms with van der Waals surface area (Å²) in [5.41, 5.74) is 1.07. The quantitative estimate of drug-likeness (QED) is 0.760. The van der Waals surface area contributed by atoms with Crippen LogP contribution in [0, 0.1) is 0 Å². The fraction of sp³-hybridized carbons (Fsp3) is 0.500. The number of thioether (sulfide) groups is 2. The van der Waals surface area contributed by atoms with Gasteiger partial charge in [-0.3, -0.25) is 10.1 Å². The Morgan fingerprint density at radius 3 is 2.23 bits per heavy atom. The molecule has 1 fully saturated rings. The summed E-state index contributed by atoms with van der Waals surface area (Å²) in [5.74, 6) is 1.00. The number of hydrogen-bond donors (Lipinski definition) is 2. The van der Waals surface area contributed by atoms with Crippen molar-refractivity contribution in [1.29, 1.82) is 0 Å². The van der Waals surface area contributed by atoms with E-state index in [0.717, 1.165) is 11.5 Å². The van der Waals surface area contributed by atoms with Crippen molar-refractivity contribution in [2.24, 2.45) is 0 Å². The molecule has 0 radical (unpaired) electrons. The van der Waals surface area contributed by atoms with E-state index in [-0.39, 0.29) is 0 Å². The van der Waals surface area contributed by atoms with Gasteiger partial charge in [-0.05, 0) is 45.4 Å². The minimum absolute atomic E-state index is 0.375. The number of urea groups is 1. The fourth-order valence-corrected chi connectivity index (χ4v) is 5.05. The lowest BCUT2D eigenvalue weighted by Gasteiger charge is -2.21. The van der Waals surface area contributed by atoms with Crippen LogP contribution in [0.2, 0.25) is 0 Å². The molecule has 1 aliphatic rings. The van der Waals surface area contributed by atoms with Crippen molar-refractivity contribution in [3.05, 3.63) is 35.4 Å². The van der Waals surface area contributed by atoms with Gasteiger partial charge in [-0.15, -0.1) is 23.5 Å². The summed E-state index contributed by atoms with van der Waals surface area (Å²) < 4.78 is 5.56. The van der Waals surface area contributed by atoms with Crippen LogP contribution >= 0.6 is 23.5 Å². The Morgan fingerprint density at radius 2 is 1.69 bits per heavy atom. The largest absolute Gasteiger partial charge is 0.449 e. The summed E-state index contributed by atoms with van der Waals surface area (Å²) in [5, 5.41) is 4.78. The Balaban J connectivity index is 1.87. The number of amides is 3. The minimum atomic E-state index is -1.08. The molecule has 0 aliphatic carbocycles. The fourth-order valence-electron chi connectivity index (χ4n) is 2.19. The van der Waals surface area contributed by atoms with Gasteiger partial charge in [0.05, 0.1) is 10.1 Å². The molecular weight excluding hydrogens is 372 g/mol. The van der Waals surface area contributed by atoms with Crippen molar-refractivity contribution in [2.45, 2.75) is 43.9 Å². The van der Waals surface area contributed by atoms with Gasteiger partial charge in [0.1, 0.15) is 0 Å². The molecule has 0 bridgehead atoms. The molecule has 26 heavy (non-hydrogen) atoms. The van der Waals surface area contributed by atoms with E-state index in [2.05, 4.69) is 10.6 Å². The van der Waals surface area contributed by atoms with Crippen molar-refractivity contribution in [1.82, 2.24) is 10.6 Å². The average Bonchev–Trinajstić information content (AvgIpc) is 3.07. The molecule has 2 rings (SSSR count). The molecular formula is C18H24N2O4S2. The van der Waals surface area contributed by atoms with Crippen LogP contribution in [-0.2, 0) is 9.53 Å². The first-order valence-corrected chi connectivity index (χ1v) is 10.4. The molecule has 1 unspecified atom stereocenters. The molecule has 2 N–H and O–H groups in total. The number of nitrogens with one attached hydrogen (secondary N) is 2. The molecule has 1 heterocycles. The predicted octanol–water partition coefficient (Wildman–Crippen LogP) is 3.33. The highest BCUT2D eigenvalue weighted by atomic mass is 32.2. The first-order chi connectivity index (χ1) is 12.2. The Kier molecular flexibility index (Phi) is 7.00. The van der Waals surface area contributed by atoms with E-state index < -0.39 is 29.6 Å². The summed E-state index contributed by atoms with van der Waals surface area (Å²) >= 11 is 3.78. The first-order valence-electron chi connectivity index (χ1n) is 8.33. The minimum Gasteiger partial charge on any atom is -0.449 e. The average molecular weight is 397 g/mol. The number of benzene rings is 1. The van der Waals surface area contributed by atoms with Crippen molar-refractivity contribution in [3.63, 3.8) is 0 Å². The number of carbonyl (C=O) groups excluding carboxylic acids is 3. The van der Waals surface area contributed by atoms with E-state index >= 15 is 0 Å². The SMILES string of the molecule is CC(OC(=O)c1ccc(C2SCCS2)cc1)C(=O)NC(=O)NC(C)(C)C. The summed E-state index contributed by atoms with van der Waals surface area (Å²) in [4.78, 5) is 35.9. The summed E-state index contributed by atoms with van der Waals surface area (Å²) in [6, 6.07) is 6.60. The van der Waals surface area contributed by atoms with Gasteiger partial charge < -0.3 is 10.1 Å². The maximum atomic E-state index is 12.2. The number of rotatable bonds is 4. The molecule has 1 saturated heterocycles. The Labute approximate surface area is 162 Å². The third kappa shape index (κ3) is 6.25. The van der Waals surface area contributed by atoms with Gasteiger partial charge in [0.15, 0.2) is 6.10 Å². The lowest BCUT2D eigenvalue weighted by Crippen LogP contribution is -2.50. The van der Waals surface area contributed by atoms with E-state index in [4.69, 9.17) is 4.74 Å². The second kappa shape index (κ2) is 8.81. The molecule has 1 aromatic rings. The van der Waals surface area contributed by atoms with Crippen molar-refractivity contribution >= 4 is 41.4 Å². The van der Waals surface area contributed by atoms with Gasteiger partial charge in [0.25, 0.3) is 5.91 Å². The number of carbonyl (C=O) groups is 3. The van der Waals surface area contributed by atoms with Gasteiger partial charge in [0, 0.05) is 17.0 Å². The van der Waals surface area contributed by atoms with Crippen LogP contribution in [-0.4, -0.2) is 41.1 Å². The van der Waals surface area contributed by atoms with Gasteiger partial charge in [-0.25, -0.2) is 9.59 Å². The van der Waals surface area contributed by atoms with E-state index in [1.54, 1.807) is 32.9 Å². The maximum Gasteiger partial charge on any atom is 0.338 e. The molecule has 3 amide bonds. The van der Waals surface area contributed by atoms with Crippen molar-refractivity contribution in [3.8, 4) is 0 Å². The van der Waals surface area contributed by atoms with E-state index in [0.29, 0.717) is 10.1 Å². The second-order valence-corrected chi connectivity index (χ2v) is 9.66. The second-order valence-electron chi connectivity index (χ2n) is 6.94. The summed E-state index contributed by atoms with van der Waals surface area (Å²) in [6.07, 6.45) is -1.08. The van der Waals surface area contributed by atoms with Crippen LogP contribution in [0.1, 0.15) is 48.2 Å². The van der Waals surface area contributed by atoms with Crippen molar-refractivity contribution in [2.75, 3.05) is 11.5 Å². The molecule has 0 saturated carbocycles. The number of ether oxygens (including phenoxy) is 1. The zero-order valence-corrected chi connectivity index (χ0v) is 17.0. The van der Waals surface area contributed by atoms with Crippen LogP contribution in [0.4, 0.5) is 4.79 Å². The normalized spacial score (nSPS) is 16.0. The van der Waals surface area contributed by atoms with E-state index in [1.165, 1.54) is 12.5 Å². The van der Waals surface area contributed by atoms with Crippen LogP contribution < -0.4 is 10.6 Å². The molecule has 0 aromatic heterocycles. The van der Waals surface area contributed by atoms with Gasteiger partial charge in [-0.2, -0.15) is 0 Å². The first kappa shape index (κ1) is 20.6. The molecule has 1 atom stereocenters. The Morgan fingerprint density at radius 1 is 1.12 bits per heavy atom. The standard InChI is InChI=1S/C18H24N2O4S2/c1-11(14(21)19-17(23)20-18(2,3)4)24-15(22)12-5-7-13(8-6-12)16-25-9-10-26-16/h5-8,11,16H,9-10H2,1-4H3,(H2,19,20,21,23). The monoisotopic (exact) mass is 396 g/mol. The molecule has 142 valence electrons. The molecule has 8 heteroatoms. The molecule has 6 nitrogen and oxygen atoms in total. The van der Waals surface area contributed by atoms with Crippen LogP contribution in [0.25, 0.3) is 0 Å². The lowest BCUT2D eigenvalue weighted by molar-refractivity contribution is -0.127. The summed E-state index contributed by atoms with van der Waals surface area (Å²) in [6.45, 7) is 6.82. The summed E-state index contributed by atoms with van der Waals surface area (Å²) in [7, 11) is 0. The van der Waals surface area contributed by atoms with Gasteiger partial charge in [0.2, 0.25) is 0 Å². The topological polar surface area (TPSA) is 84.5 Å². The van der Waals surface area contributed by atoms with Crippen LogP contribution in [0.15, 0.2) is 24.3 Å². The third-order valence-corrected chi connectivity index (χ3v) is 6.52. The number of imide groups is 1. The lowest BCUT2D eigenvalue weighted by atomic mass is 10.1. The van der Waals surface area contributed by atoms with Crippen molar-refractivity contribution < 1.29 is 19.1 Å². The zero-order valence-electron chi connectivity index (χ0n) is 15.3. The third-order valence-electron chi connectivity index (χ3n) is 3.42.